The summed E-state index contributed by atoms with van der Waals surface area (Å²) in [7, 11) is 0. The molecule has 6 amide bonds. The van der Waals surface area contributed by atoms with Crippen molar-refractivity contribution in [3.8, 4) is 0 Å². The zero-order chi connectivity index (χ0) is 43.4. The molecule has 17 N–H and O–H groups in total. The molecule has 0 saturated carbocycles. The molecule has 21 nitrogen and oxygen atoms in total. The molecule has 2 aromatic carbocycles. The number of hydrogen-bond donors (Lipinski definition) is 11. The van der Waals surface area contributed by atoms with Crippen LogP contribution in [0, 0.1) is 16.0 Å². The average molecular weight is 812 g/mol. The van der Waals surface area contributed by atoms with Gasteiger partial charge in [-0.25, -0.2) is 0 Å². The Morgan fingerprint density at radius 2 is 1.24 bits per heavy atom. The number of guanidine groups is 1. The number of nitrogen functional groups attached to an aromatic ring is 1. The second-order valence-corrected chi connectivity index (χ2v) is 13.8. The van der Waals surface area contributed by atoms with E-state index in [1.807, 2.05) is 0 Å². The highest BCUT2D eigenvalue weighted by Crippen LogP contribution is 2.23. The number of carbonyl (C=O) groups is 6. The summed E-state index contributed by atoms with van der Waals surface area (Å²) in [5, 5.41) is 24.9. The third-order valence-electron chi connectivity index (χ3n) is 8.91. The molecule has 0 saturated heterocycles. The maximum atomic E-state index is 13.9. The molecule has 318 valence electrons. The largest absolute Gasteiger partial charge is 0.398 e. The van der Waals surface area contributed by atoms with E-state index in [1.165, 1.54) is 12.1 Å². The van der Waals surface area contributed by atoms with Crippen molar-refractivity contribution in [1.82, 2.24) is 21.3 Å². The molecular weight excluding hydrogens is 754 g/mol. The Morgan fingerprint density at radius 1 is 0.707 bits per heavy atom. The third-order valence-corrected chi connectivity index (χ3v) is 8.91. The zero-order valence-electron chi connectivity index (χ0n) is 32.8. The van der Waals surface area contributed by atoms with Gasteiger partial charge in [0.1, 0.15) is 29.7 Å². The summed E-state index contributed by atoms with van der Waals surface area (Å²) in [6, 6.07) is 4.97. The maximum absolute atomic E-state index is 13.9. The highest BCUT2D eigenvalue weighted by molar-refractivity contribution is 6.03. The lowest BCUT2D eigenvalue weighted by Gasteiger charge is -2.27. The van der Waals surface area contributed by atoms with Gasteiger partial charge in [0.05, 0.1) is 10.5 Å². The number of hydrogen-bond acceptors (Lipinski definition) is 12. The molecule has 0 aliphatic rings. The Kier molecular flexibility index (Phi) is 20.0. The Labute approximate surface area is 336 Å². The van der Waals surface area contributed by atoms with Crippen molar-refractivity contribution in [2.45, 2.75) is 89.4 Å². The van der Waals surface area contributed by atoms with Gasteiger partial charge in [-0.2, -0.15) is 0 Å². The van der Waals surface area contributed by atoms with Crippen molar-refractivity contribution < 1.29 is 33.7 Å². The molecule has 0 heterocycles. The first-order valence-corrected chi connectivity index (χ1v) is 18.9. The van der Waals surface area contributed by atoms with Crippen molar-refractivity contribution in [2.24, 2.45) is 39.6 Å². The molecular formula is C37H57N13O8. The third kappa shape index (κ3) is 15.7. The van der Waals surface area contributed by atoms with Gasteiger partial charge in [0.25, 0.3) is 17.5 Å². The predicted octanol–water partition coefficient (Wildman–Crippen LogP) is -0.565. The van der Waals surface area contributed by atoms with Gasteiger partial charge in [0.15, 0.2) is 5.96 Å². The molecule has 0 radical (unpaired) electrons. The van der Waals surface area contributed by atoms with Crippen molar-refractivity contribution >= 4 is 58.5 Å². The summed E-state index contributed by atoms with van der Waals surface area (Å²) < 4.78 is 0. The van der Waals surface area contributed by atoms with Gasteiger partial charge in [0, 0.05) is 24.0 Å². The van der Waals surface area contributed by atoms with Crippen LogP contribution < -0.4 is 61.0 Å². The number of carbonyl (C=O) groups excluding carboxylic acids is 6. The van der Waals surface area contributed by atoms with Crippen LogP contribution in [0.25, 0.3) is 0 Å². The second-order valence-electron chi connectivity index (χ2n) is 13.8. The van der Waals surface area contributed by atoms with Gasteiger partial charge in [-0.05, 0) is 94.6 Å². The molecule has 0 fully saturated rings. The Morgan fingerprint density at radius 3 is 1.74 bits per heavy atom. The van der Waals surface area contributed by atoms with E-state index in [9.17, 15) is 38.9 Å². The monoisotopic (exact) mass is 811 g/mol. The topological polar surface area (TPSA) is 374 Å². The van der Waals surface area contributed by atoms with Crippen LogP contribution in [0.15, 0.2) is 47.5 Å². The quantitative estimate of drug-likeness (QED) is 0.0150. The van der Waals surface area contributed by atoms with Crippen LogP contribution in [0.1, 0.15) is 85.9 Å². The number of aliphatic imine (C=N–C) groups is 1. The van der Waals surface area contributed by atoms with Crippen LogP contribution in [-0.4, -0.2) is 90.1 Å². The molecule has 0 aliphatic heterocycles. The molecule has 21 heteroatoms. The first-order valence-electron chi connectivity index (χ1n) is 18.9. The number of benzene rings is 2. The number of nitrogens with two attached hydrogens (primary N) is 6. The van der Waals surface area contributed by atoms with Gasteiger partial charge in [0.2, 0.25) is 23.6 Å². The molecule has 0 aromatic heterocycles. The van der Waals surface area contributed by atoms with Gasteiger partial charge in [-0.1, -0.05) is 26.0 Å². The number of primary amides is 1. The normalized spacial score (nSPS) is 12.9. The number of nitro groups is 1. The highest BCUT2D eigenvalue weighted by atomic mass is 16.6. The minimum absolute atomic E-state index is 0.00596. The zero-order valence-corrected chi connectivity index (χ0v) is 32.8. The number of unbranched alkanes of at least 4 members (excludes halogenated alkanes) is 2. The predicted molar refractivity (Wildman–Crippen MR) is 219 cm³/mol. The lowest BCUT2D eigenvalue weighted by molar-refractivity contribution is -0.385. The average Bonchev–Trinajstić information content (AvgIpc) is 3.16. The fourth-order valence-corrected chi connectivity index (χ4v) is 5.76. The van der Waals surface area contributed by atoms with E-state index in [4.69, 9.17) is 34.4 Å². The SMILES string of the molecule is CC(C)[C@H](NC(=O)c1ccccc1N)C(=O)N[C@@H](CCCCN)C(=O)N[C@@H](CCCCN)C(=O)N[C@@H](CCCN=C(N)N)C(=O)Nc1ccc(C(N)=O)c([N+](=O)[O-])c1. The molecule has 2 rings (SSSR count). The van der Waals surface area contributed by atoms with Gasteiger partial charge < -0.3 is 61.0 Å². The van der Waals surface area contributed by atoms with E-state index >= 15 is 0 Å². The minimum Gasteiger partial charge on any atom is -0.398 e. The summed E-state index contributed by atoms with van der Waals surface area (Å²) in [5.74, 6) is -5.08. The van der Waals surface area contributed by atoms with E-state index in [1.54, 1.807) is 32.0 Å². The van der Waals surface area contributed by atoms with Crippen molar-refractivity contribution in [3.05, 3.63) is 63.7 Å². The first kappa shape index (κ1) is 47.8. The van der Waals surface area contributed by atoms with Crippen LogP contribution in [0.4, 0.5) is 17.1 Å². The van der Waals surface area contributed by atoms with Crippen molar-refractivity contribution in [2.75, 3.05) is 30.7 Å². The van der Waals surface area contributed by atoms with E-state index in [0.29, 0.717) is 38.8 Å². The molecule has 58 heavy (non-hydrogen) atoms. The molecule has 0 unspecified atom stereocenters. The van der Waals surface area contributed by atoms with Crippen LogP contribution in [0.3, 0.4) is 0 Å². The summed E-state index contributed by atoms with van der Waals surface area (Å²) in [6.07, 6.45) is 2.32. The standard InChI is InChI=1S/C37H57N13O8/c1-21(2)30(49-32(52)23-10-3-4-11-25(23)40)36(56)48-27(13-6-8-18-39)35(55)46-26(12-5-7-17-38)34(54)47-28(14-9-19-44-37(42)43)33(53)45-22-15-16-24(31(41)51)29(20-22)50(57)58/h3-4,10-11,15-16,20-21,26-28,30H,5-9,12-14,17-19,38-40H2,1-2H3,(H2,41,51)(H,45,53)(H,46,55)(H,47,54)(H,48,56)(H,49,52)(H4,42,43,44)/t26-,27-,28-,30-/m0/s1. The van der Waals surface area contributed by atoms with Crippen LogP contribution in [0.2, 0.25) is 0 Å². The van der Waals surface area contributed by atoms with Crippen molar-refractivity contribution in [1.29, 1.82) is 0 Å². The molecule has 0 spiro atoms. The summed E-state index contributed by atoms with van der Waals surface area (Å²) >= 11 is 0. The number of amides is 6. The number of nitrogens with one attached hydrogen (secondary N) is 5. The van der Waals surface area contributed by atoms with E-state index in [-0.39, 0.29) is 60.7 Å². The van der Waals surface area contributed by atoms with E-state index < -0.39 is 76.1 Å². The van der Waals surface area contributed by atoms with Crippen LogP contribution in [0.5, 0.6) is 0 Å². The Bertz CT molecular complexity index is 1780. The van der Waals surface area contributed by atoms with Gasteiger partial charge >= 0.3 is 0 Å². The summed E-state index contributed by atoms with van der Waals surface area (Å²) in [6.45, 7) is 4.17. The second kappa shape index (κ2) is 24.3. The molecule has 0 bridgehead atoms. The maximum Gasteiger partial charge on any atom is 0.284 e. The Balaban J connectivity index is 2.37. The fourth-order valence-electron chi connectivity index (χ4n) is 5.76. The fraction of sp³-hybridized carbons (Fsp3) is 0.486. The Hall–Kier alpha value is -6.35. The highest BCUT2D eigenvalue weighted by Gasteiger charge is 2.32. The lowest BCUT2D eigenvalue weighted by atomic mass is 10.0. The number of nitrogens with zero attached hydrogens (tertiary/aromatic N) is 2. The van der Waals surface area contributed by atoms with Crippen LogP contribution >= 0.6 is 0 Å². The summed E-state index contributed by atoms with van der Waals surface area (Å²) in [5.41, 5.74) is 32.8. The number of nitro benzene ring substituents is 1. The van der Waals surface area contributed by atoms with E-state index in [2.05, 4.69) is 31.6 Å². The van der Waals surface area contributed by atoms with E-state index in [0.717, 1.165) is 12.1 Å². The lowest BCUT2D eigenvalue weighted by Crippen LogP contribution is -2.58. The minimum atomic E-state index is -1.26. The molecule has 2 aromatic rings. The summed E-state index contributed by atoms with van der Waals surface area (Å²) in [4.78, 5) is 94.6. The number of rotatable bonds is 25. The number of para-hydroxylation sites is 1. The van der Waals surface area contributed by atoms with Crippen LogP contribution in [-0.2, 0) is 19.2 Å². The smallest absolute Gasteiger partial charge is 0.284 e. The molecule has 4 atom stereocenters. The van der Waals surface area contributed by atoms with Gasteiger partial charge in [-0.15, -0.1) is 0 Å². The first-order chi connectivity index (χ1) is 27.5. The number of anilines is 2. The van der Waals surface area contributed by atoms with Crippen molar-refractivity contribution in [3.63, 3.8) is 0 Å². The molecule has 0 aliphatic carbocycles. The van der Waals surface area contributed by atoms with Gasteiger partial charge in [-0.3, -0.25) is 43.9 Å².